The molecule has 114 valence electrons. The van der Waals surface area contributed by atoms with Crippen LogP contribution in [0.5, 0.6) is 0 Å². The molecule has 2 aromatic heterocycles. The lowest BCUT2D eigenvalue weighted by molar-refractivity contribution is 0.151. The van der Waals surface area contributed by atoms with Crippen molar-refractivity contribution in [3.05, 3.63) is 35.8 Å². The molecular formula is C13H20N6O2. The Morgan fingerprint density at radius 2 is 2.29 bits per heavy atom. The number of rotatable bonds is 5. The molecule has 0 saturated heterocycles. The summed E-state index contributed by atoms with van der Waals surface area (Å²) in [5.41, 5.74) is 0. The summed E-state index contributed by atoms with van der Waals surface area (Å²) in [6.45, 7) is 2.63. The van der Waals surface area contributed by atoms with Crippen LogP contribution in [0.15, 0.2) is 27.9 Å². The Labute approximate surface area is 122 Å². The molecule has 8 nitrogen and oxygen atoms in total. The number of hydrogen-bond donors (Lipinski definition) is 3. The van der Waals surface area contributed by atoms with E-state index >= 15 is 0 Å². The summed E-state index contributed by atoms with van der Waals surface area (Å²) in [5.74, 6) is 2.66. The Hall–Kier alpha value is -2.35. The van der Waals surface area contributed by atoms with Crippen LogP contribution in [0, 0.1) is 6.92 Å². The molecule has 0 bridgehead atoms. The van der Waals surface area contributed by atoms with Crippen molar-refractivity contribution in [2.75, 3.05) is 13.6 Å². The number of aromatic nitrogens is 3. The molecule has 0 saturated carbocycles. The van der Waals surface area contributed by atoms with Gasteiger partial charge < -0.3 is 24.7 Å². The number of guanidine groups is 1. The molecule has 0 amide bonds. The maximum absolute atomic E-state index is 10.0. The van der Waals surface area contributed by atoms with Gasteiger partial charge in [0.05, 0.1) is 13.1 Å². The molecule has 21 heavy (non-hydrogen) atoms. The average Bonchev–Trinajstić information content (AvgIpc) is 3.08. The fourth-order valence-corrected chi connectivity index (χ4v) is 1.78. The largest absolute Gasteiger partial charge is 0.464 e. The van der Waals surface area contributed by atoms with Gasteiger partial charge in [-0.2, -0.15) is 0 Å². The average molecular weight is 292 g/mol. The molecule has 0 aliphatic rings. The van der Waals surface area contributed by atoms with E-state index in [0.717, 1.165) is 11.6 Å². The van der Waals surface area contributed by atoms with Gasteiger partial charge in [-0.3, -0.25) is 4.99 Å². The van der Waals surface area contributed by atoms with Crippen molar-refractivity contribution in [1.29, 1.82) is 0 Å². The second-order valence-corrected chi connectivity index (χ2v) is 4.63. The van der Waals surface area contributed by atoms with Gasteiger partial charge in [-0.05, 0) is 19.1 Å². The first kappa shape index (κ1) is 15.0. The van der Waals surface area contributed by atoms with Crippen LogP contribution in [0.2, 0.25) is 0 Å². The van der Waals surface area contributed by atoms with Crippen LogP contribution >= 0.6 is 0 Å². The number of aliphatic imine (C=N–C) groups is 1. The normalized spacial score (nSPS) is 13.2. The number of hydrogen-bond acceptors (Lipinski definition) is 5. The lowest BCUT2D eigenvalue weighted by atomic mass is 10.3. The first-order valence-corrected chi connectivity index (χ1v) is 6.62. The summed E-state index contributed by atoms with van der Waals surface area (Å²) in [5, 5.41) is 23.9. The highest BCUT2D eigenvalue weighted by molar-refractivity contribution is 5.79. The Morgan fingerprint density at radius 1 is 1.48 bits per heavy atom. The zero-order valence-electron chi connectivity index (χ0n) is 12.4. The minimum Gasteiger partial charge on any atom is -0.464 e. The highest BCUT2D eigenvalue weighted by atomic mass is 16.4. The molecule has 0 aliphatic carbocycles. The van der Waals surface area contributed by atoms with Crippen LogP contribution in [-0.2, 0) is 13.6 Å². The van der Waals surface area contributed by atoms with Gasteiger partial charge in [0.25, 0.3) is 0 Å². The van der Waals surface area contributed by atoms with Crippen molar-refractivity contribution in [3.63, 3.8) is 0 Å². The van der Waals surface area contributed by atoms with E-state index in [2.05, 4.69) is 25.8 Å². The second-order valence-electron chi connectivity index (χ2n) is 4.63. The molecule has 2 aromatic rings. The van der Waals surface area contributed by atoms with Crippen molar-refractivity contribution in [2.24, 2.45) is 12.0 Å². The van der Waals surface area contributed by atoms with Crippen molar-refractivity contribution >= 4 is 5.96 Å². The highest BCUT2D eigenvalue weighted by Gasteiger charge is 2.12. The molecule has 0 aromatic carbocycles. The third-order valence-corrected chi connectivity index (χ3v) is 3.00. The molecule has 3 N–H and O–H groups in total. The Morgan fingerprint density at radius 3 is 2.86 bits per heavy atom. The fourth-order valence-electron chi connectivity index (χ4n) is 1.78. The van der Waals surface area contributed by atoms with Crippen molar-refractivity contribution in [1.82, 2.24) is 25.4 Å². The van der Waals surface area contributed by atoms with Gasteiger partial charge in [0, 0.05) is 14.1 Å². The Bertz CT molecular complexity index is 603. The van der Waals surface area contributed by atoms with Gasteiger partial charge in [-0.1, -0.05) is 0 Å². The Kier molecular flexibility index (Phi) is 4.94. The third kappa shape index (κ3) is 4.06. The van der Waals surface area contributed by atoms with Crippen LogP contribution in [0.1, 0.15) is 23.4 Å². The predicted octanol–water partition coefficient (Wildman–Crippen LogP) is 0.115. The lowest BCUT2D eigenvalue weighted by Crippen LogP contribution is -2.39. The van der Waals surface area contributed by atoms with Crippen molar-refractivity contribution in [3.8, 4) is 0 Å². The van der Waals surface area contributed by atoms with E-state index in [1.807, 2.05) is 24.6 Å². The summed E-state index contributed by atoms with van der Waals surface area (Å²) in [6, 6.07) is 3.58. The van der Waals surface area contributed by atoms with Crippen LogP contribution in [0.4, 0.5) is 0 Å². The molecule has 1 atom stereocenters. The molecule has 0 radical (unpaired) electrons. The number of aryl methyl sites for hydroxylation is 2. The zero-order chi connectivity index (χ0) is 15.2. The Balaban J connectivity index is 1.81. The molecule has 2 rings (SSSR count). The zero-order valence-corrected chi connectivity index (χ0v) is 12.4. The molecule has 0 aliphatic heterocycles. The number of aliphatic hydroxyl groups is 1. The van der Waals surface area contributed by atoms with Crippen molar-refractivity contribution in [2.45, 2.75) is 19.6 Å². The van der Waals surface area contributed by atoms with E-state index in [1.54, 1.807) is 19.4 Å². The minimum atomic E-state index is -0.730. The van der Waals surface area contributed by atoms with Crippen LogP contribution < -0.4 is 10.6 Å². The maximum atomic E-state index is 10.0. The highest BCUT2D eigenvalue weighted by Crippen LogP contribution is 2.14. The van der Waals surface area contributed by atoms with Crippen LogP contribution in [0.3, 0.4) is 0 Å². The smallest absolute Gasteiger partial charge is 0.191 e. The van der Waals surface area contributed by atoms with E-state index in [1.165, 1.54) is 0 Å². The van der Waals surface area contributed by atoms with Gasteiger partial charge in [0.1, 0.15) is 24.0 Å². The van der Waals surface area contributed by atoms with E-state index in [-0.39, 0.29) is 0 Å². The summed E-state index contributed by atoms with van der Waals surface area (Å²) in [7, 11) is 3.53. The molecule has 0 fully saturated rings. The standard InChI is InChI=1S/C13H20N6O2/c1-9-4-5-11(21-9)10(20)6-15-13(14-2)16-7-12-18-17-8-19(12)3/h4-5,8,10,20H,6-7H2,1-3H3,(H2,14,15,16). The van der Waals surface area contributed by atoms with Gasteiger partial charge in [-0.25, -0.2) is 0 Å². The molecule has 0 spiro atoms. The molecule has 1 unspecified atom stereocenters. The van der Waals surface area contributed by atoms with E-state index in [9.17, 15) is 5.11 Å². The van der Waals surface area contributed by atoms with Gasteiger partial charge in [0.15, 0.2) is 11.8 Å². The van der Waals surface area contributed by atoms with Crippen molar-refractivity contribution < 1.29 is 9.52 Å². The predicted molar refractivity (Wildman–Crippen MR) is 77.6 cm³/mol. The molecule has 2 heterocycles. The second kappa shape index (κ2) is 6.89. The number of aliphatic hydroxyl groups excluding tert-OH is 1. The number of nitrogens with zero attached hydrogens (tertiary/aromatic N) is 4. The molecule has 8 heteroatoms. The quantitative estimate of drug-likeness (QED) is 0.534. The van der Waals surface area contributed by atoms with Gasteiger partial charge >= 0.3 is 0 Å². The minimum absolute atomic E-state index is 0.297. The van der Waals surface area contributed by atoms with E-state index < -0.39 is 6.10 Å². The topological polar surface area (TPSA) is 100 Å². The summed E-state index contributed by atoms with van der Waals surface area (Å²) in [6.07, 6.45) is 0.906. The first-order chi connectivity index (χ1) is 10.1. The van der Waals surface area contributed by atoms with Gasteiger partial charge in [-0.15, -0.1) is 10.2 Å². The lowest BCUT2D eigenvalue weighted by Gasteiger charge is -2.13. The maximum Gasteiger partial charge on any atom is 0.191 e. The van der Waals surface area contributed by atoms with E-state index in [0.29, 0.717) is 24.8 Å². The number of furan rings is 1. The SMILES string of the molecule is CN=C(NCc1nncn1C)NCC(O)c1ccc(C)o1. The first-order valence-electron chi connectivity index (χ1n) is 6.62. The van der Waals surface area contributed by atoms with Crippen LogP contribution in [-0.4, -0.2) is 39.4 Å². The third-order valence-electron chi connectivity index (χ3n) is 3.00. The van der Waals surface area contributed by atoms with Gasteiger partial charge in [0.2, 0.25) is 0 Å². The fraction of sp³-hybridized carbons (Fsp3) is 0.462. The number of nitrogens with one attached hydrogen (secondary N) is 2. The summed E-state index contributed by atoms with van der Waals surface area (Å²) in [4.78, 5) is 4.08. The van der Waals surface area contributed by atoms with E-state index in [4.69, 9.17) is 4.42 Å². The summed E-state index contributed by atoms with van der Waals surface area (Å²) >= 11 is 0. The summed E-state index contributed by atoms with van der Waals surface area (Å²) < 4.78 is 7.19. The monoisotopic (exact) mass is 292 g/mol. The van der Waals surface area contributed by atoms with Crippen LogP contribution in [0.25, 0.3) is 0 Å². The molecular weight excluding hydrogens is 272 g/mol.